The summed E-state index contributed by atoms with van der Waals surface area (Å²) in [4.78, 5) is 12.5. The predicted octanol–water partition coefficient (Wildman–Crippen LogP) is 4.82. The van der Waals surface area contributed by atoms with E-state index >= 15 is 0 Å². The fourth-order valence-corrected chi connectivity index (χ4v) is 1.97. The number of hydrogen-bond donors (Lipinski definition) is 0. The molecule has 2 nitrogen and oxygen atoms in total. The second-order valence-corrected chi connectivity index (χ2v) is 5.03. The lowest BCUT2D eigenvalue weighted by molar-refractivity contribution is -0.298. The number of alkyl halides is 5. The molecular weight excluding hydrogens is 331 g/mol. The molecule has 24 heavy (non-hydrogen) atoms. The van der Waals surface area contributed by atoms with Crippen molar-refractivity contribution < 1.29 is 31.5 Å². The first kappa shape index (κ1) is 18.1. The molecule has 1 atom stereocenters. The van der Waals surface area contributed by atoms with Crippen molar-refractivity contribution in [3.8, 4) is 0 Å². The molecule has 0 fully saturated rings. The normalized spacial score (nSPS) is 13.5. The van der Waals surface area contributed by atoms with Crippen LogP contribution in [0.5, 0.6) is 0 Å². The molecule has 0 aromatic heterocycles. The Morgan fingerprint density at radius 2 is 1.38 bits per heavy atom. The van der Waals surface area contributed by atoms with E-state index < -0.39 is 30.6 Å². The molecule has 2 aromatic rings. The maximum Gasteiger partial charge on any atom is 0.455 e. The highest BCUT2D eigenvalue weighted by molar-refractivity contribution is 6.00. The van der Waals surface area contributed by atoms with E-state index in [4.69, 9.17) is 4.74 Å². The van der Waals surface area contributed by atoms with Gasteiger partial charge in [-0.15, -0.1) is 0 Å². The van der Waals surface area contributed by atoms with Gasteiger partial charge in [-0.3, -0.25) is 4.79 Å². The molecule has 7 heteroatoms. The highest BCUT2D eigenvalue weighted by atomic mass is 19.4. The van der Waals surface area contributed by atoms with Crippen LogP contribution in [0.25, 0.3) is 0 Å². The van der Waals surface area contributed by atoms with E-state index in [1.807, 2.05) is 0 Å². The van der Waals surface area contributed by atoms with E-state index in [1.54, 1.807) is 24.3 Å². The van der Waals surface area contributed by atoms with Crippen LogP contribution in [0.4, 0.5) is 22.0 Å². The number of ether oxygens (including phenoxy) is 1. The number of benzene rings is 2. The lowest BCUT2D eigenvalue weighted by atomic mass is 10.00. The van der Waals surface area contributed by atoms with Gasteiger partial charge in [-0.25, -0.2) is 0 Å². The van der Waals surface area contributed by atoms with Crippen LogP contribution in [-0.2, 0) is 4.74 Å². The molecule has 2 aromatic carbocycles. The van der Waals surface area contributed by atoms with Crippen LogP contribution in [0.3, 0.4) is 0 Å². The van der Waals surface area contributed by atoms with Gasteiger partial charge >= 0.3 is 12.1 Å². The summed E-state index contributed by atoms with van der Waals surface area (Å²) in [6.45, 7) is -1.94. The second kappa shape index (κ2) is 7.09. The van der Waals surface area contributed by atoms with Crippen molar-refractivity contribution in [2.75, 3.05) is 6.61 Å². The van der Waals surface area contributed by atoms with Crippen molar-refractivity contribution in [2.45, 2.75) is 18.2 Å². The smallest absolute Gasteiger partial charge is 0.359 e. The lowest BCUT2D eigenvalue weighted by Gasteiger charge is -2.23. The Hall–Kier alpha value is -2.28. The van der Waals surface area contributed by atoms with Crippen molar-refractivity contribution in [3.63, 3.8) is 0 Å². The number of carbonyl (C=O) groups excluding carboxylic acids is 1. The average molecular weight is 344 g/mol. The third-order valence-corrected chi connectivity index (χ3v) is 3.24. The van der Waals surface area contributed by atoms with Crippen LogP contribution in [0, 0.1) is 0 Å². The first-order chi connectivity index (χ1) is 11.2. The summed E-state index contributed by atoms with van der Waals surface area (Å²) in [5.74, 6) is -5.74. The highest BCUT2D eigenvalue weighted by Crippen LogP contribution is 2.37. The van der Waals surface area contributed by atoms with Crippen molar-refractivity contribution in [1.29, 1.82) is 0 Å². The third kappa shape index (κ3) is 4.17. The van der Waals surface area contributed by atoms with Gasteiger partial charge in [0.15, 0.2) is 5.78 Å². The van der Waals surface area contributed by atoms with Crippen molar-refractivity contribution in [2.24, 2.45) is 0 Å². The zero-order valence-corrected chi connectivity index (χ0v) is 12.3. The Labute approximate surface area is 134 Å². The van der Waals surface area contributed by atoms with Crippen LogP contribution < -0.4 is 0 Å². The molecule has 0 radical (unpaired) electrons. The zero-order chi connectivity index (χ0) is 17.8. The van der Waals surface area contributed by atoms with Crippen LogP contribution in [0.15, 0.2) is 60.7 Å². The van der Waals surface area contributed by atoms with Gasteiger partial charge < -0.3 is 4.74 Å². The zero-order valence-electron chi connectivity index (χ0n) is 12.3. The standard InChI is InChI=1S/C17H13F5O2/c18-16(19,17(20,21)22)11-24-15(13-9-5-2-6-10-13)14(23)12-7-3-1-4-8-12/h1-10,15H,11H2. The molecular formula is C17H13F5O2. The van der Waals surface area contributed by atoms with Crippen LogP contribution >= 0.6 is 0 Å². The van der Waals surface area contributed by atoms with Gasteiger partial charge in [-0.1, -0.05) is 60.7 Å². The van der Waals surface area contributed by atoms with Crippen LogP contribution in [0.1, 0.15) is 22.0 Å². The minimum Gasteiger partial charge on any atom is -0.359 e. The fourth-order valence-electron chi connectivity index (χ4n) is 1.97. The fraction of sp³-hybridized carbons (Fsp3) is 0.235. The van der Waals surface area contributed by atoms with Gasteiger partial charge in [0.05, 0.1) is 0 Å². The monoisotopic (exact) mass is 344 g/mol. The molecule has 1 unspecified atom stereocenters. The minimum atomic E-state index is -5.75. The van der Waals surface area contributed by atoms with E-state index in [-0.39, 0.29) is 11.1 Å². The summed E-state index contributed by atoms with van der Waals surface area (Å²) in [5, 5.41) is 0. The van der Waals surface area contributed by atoms with E-state index in [9.17, 15) is 26.7 Å². The number of halogens is 5. The van der Waals surface area contributed by atoms with E-state index in [0.29, 0.717) is 0 Å². The summed E-state index contributed by atoms with van der Waals surface area (Å²) in [5.41, 5.74) is 0.353. The van der Waals surface area contributed by atoms with E-state index in [1.165, 1.54) is 36.4 Å². The maximum absolute atomic E-state index is 13.1. The molecule has 0 aliphatic carbocycles. The molecule has 2 rings (SSSR count). The summed E-state index contributed by atoms with van der Waals surface area (Å²) < 4.78 is 67.8. The molecule has 0 aliphatic heterocycles. The molecule has 0 saturated heterocycles. The third-order valence-electron chi connectivity index (χ3n) is 3.24. The van der Waals surface area contributed by atoms with Gasteiger partial charge in [-0.2, -0.15) is 22.0 Å². The van der Waals surface area contributed by atoms with E-state index in [0.717, 1.165) is 0 Å². The Bertz CT molecular complexity index is 668. The minimum absolute atomic E-state index is 0.154. The molecule has 0 saturated carbocycles. The van der Waals surface area contributed by atoms with Crippen molar-refractivity contribution in [3.05, 3.63) is 71.8 Å². The average Bonchev–Trinajstić information content (AvgIpc) is 2.55. The summed E-state index contributed by atoms with van der Waals surface area (Å²) in [6.07, 6.45) is -7.30. The topological polar surface area (TPSA) is 26.3 Å². The molecule has 128 valence electrons. The van der Waals surface area contributed by atoms with Gasteiger partial charge in [0.1, 0.15) is 12.7 Å². The number of rotatable bonds is 6. The molecule has 0 bridgehead atoms. The summed E-state index contributed by atoms with van der Waals surface area (Å²) >= 11 is 0. The first-order valence-corrected chi connectivity index (χ1v) is 6.93. The van der Waals surface area contributed by atoms with Crippen molar-refractivity contribution in [1.82, 2.24) is 0 Å². The lowest BCUT2D eigenvalue weighted by Crippen LogP contribution is -2.41. The van der Waals surface area contributed by atoms with Crippen molar-refractivity contribution >= 4 is 5.78 Å². The number of ketones is 1. The van der Waals surface area contributed by atoms with Gasteiger partial charge in [0, 0.05) is 5.56 Å². The maximum atomic E-state index is 13.1. The Kier molecular flexibility index (Phi) is 5.33. The van der Waals surface area contributed by atoms with Crippen LogP contribution in [0.2, 0.25) is 0 Å². The van der Waals surface area contributed by atoms with Gasteiger partial charge in [-0.05, 0) is 5.56 Å². The molecule has 0 heterocycles. The molecule has 0 amide bonds. The van der Waals surface area contributed by atoms with Crippen LogP contribution in [-0.4, -0.2) is 24.5 Å². The Morgan fingerprint density at radius 1 is 0.875 bits per heavy atom. The summed E-state index contributed by atoms with van der Waals surface area (Å²) in [7, 11) is 0. The first-order valence-electron chi connectivity index (χ1n) is 6.93. The highest BCUT2D eigenvalue weighted by Gasteiger charge is 2.58. The number of hydrogen-bond acceptors (Lipinski definition) is 2. The van der Waals surface area contributed by atoms with E-state index in [2.05, 4.69) is 0 Å². The molecule has 0 aliphatic rings. The number of carbonyl (C=O) groups is 1. The van der Waals surface area contributed by atoms with Gasteiger partial charge in [0.25, 0.3) is 0 Å². The summed E-state index contributed by atoms with van der Waals surface area (Å²) in [6, 6.07) is 15.2. The predicted molar refractivity (Wildman–Crippen MR) is 76.9 cm³/mol. The SMILES string of the molecule is O=C(c1ccccc1)C(OCC(F)(F)C(F)(F)F)c1ccccc1. The quantitative estimate of drug-likeness (QED) is 0.554. The second-order valence-electron chi connectivity index (χ2n) is 5.03. The molecule has 0 spiro atoms. The van der Waals surface area contributed by atoms with Gasteiger partial charge in [0.2, 0.25) is 0 Å². The molecule has 0 N–H and O–H groups in total. The largest absolute Gasteiger partial charge is 0.455 e. The Balaban J connectivity index is 2.27. The Morgan fingerprint density at radius 3 is 1.88 bits per heavy atom. The number of Topliss-reactive ketones (excluding diaryl/α,β-unsaturated/α-hetero) is 1.